The van der Waals surface area contributed by atoms with Crippen LogP contribution < -0.4 is 10.1 Å². The molecule has 1 aliphatic heterocycles. The van der Waals surface area contributed by atoms with Gasteiger partial charge in [-0.2, -0.15) is 0 Å². The molecule has 1 amide bonds. The molecule has 1 aliphatic rings. The molecule has 0 aromatic heterocycles. The smallest absolute Gasteiger partial charge is 0.307 e. The number of nitrogens with zero attached hydrogens (tertiary/aromatic N) is 1. The Balaban J connectivity index is 1.51. The van der Waals surface area contributed by atoms with Crippen molar-refractivity contribution in [3.63, 3.8) is 0 Å². The first-order valence-electron chi connectivity index (χ1n) is 8.59. The molecule has 0 aliphatic carbocycles. The molecule has 6 heteroatoms. The van der Waals surface area contributed by atoms with Crippen molar-refractivity contribution in [2.75, 3.05) is 25.0 Å². The van der Waals surface area contributed by atoms with Gasteiger partial charge in [0.05, 0.1) is 12.5 Å². The molecule has 2 aromatic carbocycles. The molecule has 3 rings (SSSR count). The molecule has 26 heavy (non-hydrogen) atoms. The zero-order valence-electron chi connectivity index (χ0n) is 14.6. The molecule has 2 N–H and O–H groups in total. The molecule has 1 saturated heterocycles. The minimum absolute atomic E-state index is 0.150. The molecule has 1 atom stereocenters. The van der Waals surface area contributed by atoms with Crippen molar-refractivity contribution < 1.29 is 19.4 Å². The fourth-order valence-electron chi connectivity index (χ4n) is 3.00. The zero-order valence-corrected chi connectivity index (χ0v) is 14.6. The lowest BCUT2D eigenvalue weighted by atomic mass is 10.1. The van der Waals surface area contributed by atoms with Gasteiger partial charge in [0.25, 0.3) is 0 Å². The fourth-order valence-corrected chi connectivity index (χ4v) is 3.00. The minimum atomic E-state index is -0.794. The van der Waals surface area contributed by atoms with Crippen molar-refractivity contribution in [3.8, 4) is 11.5 Å². The molecule has 1 unspecified atom stereocenters. The van der Waals surface area contributed by atoms with Gasteiger partial charge in [0.1, 0.15) is 11.5 Å². The quantitative estimate of drug-likeness (QED) is 0.833. The van der Waals surface area contributed by atoms with Gasteiger partial charge in [-0.3, -0.25) is 14.5 Å². The van der Waals surface area contributed by atoms with E-state index in [2.05, 4.69) is 5.32 Å². The molecular weight excluding hydrogens is 332 g/mol. The van der Waals surface area contributed by atoms with Crippen LogP contribution in [0, 0.1) is 12.8 Å². The molecule has 1 fully saturated rings. The number of carboxylic acid groups (broad SMARTS) is 1. The summed E-state index contributed by atoms with van der Waals surface area (Å²) in [6.07, 6.45) is 0.591. The highest BCUT2D eigenvalue weighted by atomic mass is 16.5. The Morgan fingerprint density at radius 1 is 1.19 bits per heavy atom. The van der Waals surface area contributed by atoms with Crippen LogP contribution in [0.25, 0.3) is 0 Å². The summed E-state index contributed by atoms with van der Waals surface area (Å²) in [5.74, 6) is 0.141. The summed E-state index contributed by atoms with van der Waals surface area (Å²) in [7, 11) is 0. The second-order valence-corrected chi connectivity index (χ2v) is 6.55. The topological polar surface area (TPSA) is 78.9 Å². The Morgan fingerprint density at radius 3 is 2.62 bits per heavy atom. The van der Waals surface area contributed by atoms with E-state index in [1.54, 1.807) is 24.3 Å². The van der Waals surface area contributed by atoms with E-state index in [1.165, 1.54) is 0 Å². The number of rotatable bonds is 6. The first-order valence-corrected chi connectivity index (χ1v) is 8.59. The Bertz CT molecular complexity index is 789. The number of hydrogen-bond acceptors (Lipinski definition) is 4. The third-order valence-electron chi connectivity index (χ3n) is 4.35. The highest BCUT2D eigenvalue weighted by Gasteiger charge is 2.28. The number of carboxylic acids is 1. The Labute approximate surface area is 152 Å². The lowest BCUT2D eigenvalue weighted by Gasteiger charge is -2.15. The van der Waals surface area contributed by atoms with Crippen LogP contribution in [0.4, 0.5) is 5.69 Å². The standard InChI is InChI=1S/C20H22N2O4/c1-14-3-2-4-18(11-14)26-17-7-5-16(6-8-17)21-19(23)13-22-10-9-15(12-22)20(24)25/h2-8,11,15H,9-10,12-13H2,1H3,(H,21,23)(H,24,25). The van der Waals surface area contributed by atoms with Crippen LogP contribution in [0.3, 0.4) is 0 Å². The van der Waals surface area contributed by atoms with E-state index < -0.39 is 5.97 Å². The number of hydrogen-bond donors (Lipinski definition) is 2. The lowest BCUT2D eigenvalue weighted by Crippen LogP contribution is -2.32. The van der Waals surface area contributed by atoms with Crippen LogP contribution in [0.1, 0.15) is 12.0 Å². The van der Waals surface area contributed by atoms with Crippen molar-refractivity contribution in [2.45, 2.75) is 13.3 Å². The summed E-state index contributed by atoms with van der Waals surface area (Å²) in [6.45, 7) is 3.26. The van der Waals surface area contributed by atoms with Gasteiger partial charge in [0.15, 0.2) is 0 Å². The van der Waals surface area contributed by atoms with E-state index in [1.807, 2.05) is 36.1 Å². The number of aliphatic carboxylic acids is 1. The number of likely N-dealkylation sites (tertiary alicyclic amines) is 1. The predicted molar refractivity (Wildman–Crippen MR) is 98.5 cm³/mol. The molecule has 136 valence electrons. The highest BCUT2D eigenvalue weighted by molar-refractivity contribution is 5.92. The van der Waals surface area contributed by atoms with E-state index >= 15 is 0 Å². The number of aryl methyl sites for hydroxylation is 1. The van der Waals surface area contributed by atoms with E-state index in [9.17, 15) is 9.59 Å². The molecule has 0 bridgehead atoms. The number of benzene rings is 2. The minimum Gasteiger partial charge on any atom is -0.481 e. The van der Waals surface area contributed by atoms with E-state index in [0.717, 1.165) is 11.3 Å². The summed E-state index contributed by atoms with van der Waals surface area (Å²) in [5.41, 5.74) is 1.80. The monoisotopic (exact) mass is 354 g/mol. The van der Waals surface area contributed by atoms with E-state index in [0.29, 0.717) is 30.9 Å². The fraction of sp³-hybridized carbons (Fsp3) is 0.300. The first-order chi connectivity index (χ1) is 12.5. The molecule has 0 radical (unpaired) electrons. The van der Waals surface area contributed by atoms with Crippen molar-refractivity contribution in [2.24, 2.45) is 5.92 Å². The van der Waals surface area contributed by atoms with Gasteiger partial charge in [0.2, 0.25) is 5.91 Å². The summed E-state index contributed by atoms with van der Waals surface area (Å²) in [4.78, 5) is 25.0. The zero-order chi connectivity index (χ0) is 18.5. The lowest BCUT2D eigenvalue weighted by molar-refractivity contribution is -0.141. The van der Waals surface area contributed by atoms with Crippen molar-refractivity contribution >= 4 is 17.6 Å². The molecule has 0 spiro atoms. The van der Waals surface area contributed by atoms with Gasteiger partial charge in [-0.05, 0) is 61.9 Å². The van der Waals surface area contributed by atoms with Gasteiger partial charge in [-0.15, -0.1) is 0 Å². The maximum atomic E-state index is 12.1. The Hall–Kier alpha value is -2.86. The maximum absolute atomic E-state index is 12.1. The average Bonchev–Trinajstić information content (AvgIpc) is 3.05. The second kappa shape index (κ2) is 8.01. The summed E-state index contributed by atoms with van der Waals surface area (Å²) in [5, 5.41) is 11.8. The number of amides is 1. The van der Waals surface area contributed by atoms with E-state index in [-0.39, 0.29) is 18.4 Å². The van der Waals surface area contributed by atoms with Crippen LogP contribution >= 0.6 is 0 Å². The van der Waals surface area contributed by atoms with Gasteiger partial charge < -0.3 is 15.2 Å². The Kier molecular flexibility index (Phi) is 5.53. The molecule has 1 heterocycles. The maximum Gasteiger partial charge on any atom is 0.307 e. The van der Waals surface area contributed by atoms with Crippen LogP contribution in [0.15, 0.2) is 48.5 Å². The predicted octanol–water partition coefficient (Wildman–Crippen LogP) is 3.13. The number of carbonyl (C=O) groups excluding carboxylic acids is 1. The van der Waals surface area contributed by atoms with Gasteiger partial charge >= 0.3 is 5.97 Å². The van der Waals surface area contributed by atoms with Crippen molar-refractivity contribution in [3.05, 3.63) is 54.1 Å². The molecule has 0 saturated carbocycles. The number of ether oxygens (including phenoxy) is 1. The number of carbonyl (C=O) groups is 2. The van der Waals surface area contributed by atoms with Crippen LogP contribution in [-0.4, -0.2) is 41.5 Å². The van der Waals surface area contributed by atoms with Crippen molar-refractivity contribution in [1.82, 2.24) is 4.90 Å². The summed E-state index contributed by atoms with van der Waals surface area (Å²) < 4.78 is 5.78. The van der Waals surface area contributed by atoms with Crippen molar-refractivity contribution in [1.29, 1.82) is 0 Å². The van der Waals surface area contributed by atoms with Gasteiger partial charge in [-0.1, -0.05) is 12.1 Å². The summed E-state index contributed by atoms with van der Waals surface area (Å²) >= 11 is 0. The normalized spacial score (nSPS) is 17.0. The summed E-state index contributed by atoms with van der Waals surface area (Å²) in [6, 6.07) is 15.0. The van der Waals surface area contributed by atoms with E-state index in [4.69, 9.17) is 9.84 Å². The van der Waals surface area contributed by atoms with Crippen LogP contribution in [0.2, 0.25) is 0 Å². The second-order valence-electron chi connectivity index (χ2n) is 6.55. The van der Waals surface area contributed by atoms with Gasteiger partial charge in [0, 0.05) is 12.2 Å². The third kappa shape index (κ3) is 4.83. The third-order valence-corrected chi connectivity index (χ3v) is 4.35. The Morgan fingerprint density at radius 2 is 1.96 bits per heavy atom. The SMILES string of the molecule is Cc1cccc(Oc2ccc(NC(=O)CN3CCC(C(=O)O)C3)cc2)c1. The molecule has 2 aromatic rings. The number of anilines is 1. The van der Waals surface area contributed by atoms with Crippen LogP contribution in [0.5, 0.6) is 11.5 Å². The van der Waals surface area contributed by atoms with Crippen LogP contribution in [-0.2, 0) is 9.59 Å². The average molecular weight is 354 g/mol. The highest BCUT2D eigenvalue weighted by Crippen LogP contribution is 2.24. The number of nitrogens with one attached hydrogen (secondary N) is 1. The van der Waals surface area contributed by atoms with Gasteiger partial charge in [-0.25, -0.2) is 0 Å². The molecule has 6 nitrogen and oxygen atoms in total. The first kappa shape index (κ1) is 17.9. The largest absolute Gasteiger partial charge is 0.481 e. The molecular formula is C20H22N2O4.